The van der Waals surface area contributed by atoms with Crippen LogP contribution in [0, 0.1) is 5.82 Å². The molecule has 0 bridgehead atoms. The van der Waals surface area contributed by atoms with Gasteiger partial charge in [-0.25, -0.2) is 9.38 Å². The number of nitrogens with one attached hydrogen (secondary N) is 1. The lowest BCUT2D eigenvalue weighted by atomic mass is 9.99. The first-order valence-electron chi connectivity index (χ1n) is 9.75. The average Bonchev–Trinajstić information content (AvgIpc) is 3.08. The number of anilines is 1. The van der Waals surface area contributed by atoms with Crippen LogP contribution in [-0.2, 0) is 4.79 Å². The Morgan fingerprint density at radius 1 is 1.20 bits per heavy atom. The number of hydrogen-bond acceptors (Lipinski definition) is 5. The van der Waals surface area contributed by atoms with E-state index in [1.807, 2.05) is 24.3 Å². The van der Waals surface area contributed by atoms with Gasteiger partial charge in [-0.15, -0.1) is 0 Å². The van der Waals surface area contributed by atoms with Crippen LogP contribution in [-0.4, -0.2) is 53.1 Å². The fourth-order valence-electron chi connectivity index (χ4n) is 3.52. The zero-order valence-electron chi connectivity index (χ0n) is 16.6. The highest BCUT2D eigenvalue weighted by atomic mass is 79.9. The van der Waals surface area contributed by atoms with Crippen molar-refractivity contribution in [1.82, 2.24) is 4.90 Å². The fourth-order valence-corrected chi connectivity index (χ4v) is 4.66. The molecule has 156 valence electrons. The molecule has 4 rings (SSSR count). The molecule has 0 unspecified atom stereocenters. The second kappa shape index (κ2) is 8.99. The number of rotatable bonds is 4. The summed E-state index contributed by atoms with van der Waals surface area (Å²) in [6.07, 6.45) is 1.73. The molecule has 30 heavy (non-hydrogen) atoms. The monoisotopic (exact) mass is 488 g/mol. The summed E-state index contributed by atoms with van der Waals surface area (Å²) in [6, 6.07) is 13.9. The van der Waals surface area contributed by atoms with Crippen LogP contribution in [0.1, 0.15) is 18.4 Å². The summed E-state index contributed by atoms with van der Waals surface area (Å²) in [7, 11) is 2.11. The normalized spacial score (nSPS) is 18.2. The second-order valence-corrected chi connectivity index (χ2v) is 9.40. The summed E-state index contributed by atoms with van der Waals surface area (Å²) in [5, 5.41) is 3.53. The number of piperidine rings is 1. The van der Waals surface area contributed by atoms with Gasteiger partial charge >= 0.3 is 0 Å². The lowest BCUT2D eigenvalue weighted by Gasteiger charge is -2.33. The molecule has 0 aromatic heterocycles. The third kappa shape index (κ3) is 4.99. The molecular formula is C22H22BrFN4OS. The summed E-state index contributed by atoms with van der Waals surface area (Å²) in [5.41, 5.74) is 1.85. The lowest BCUT2D eigenvalue weighted by molar-refractivity contribution is -0.113. The third-order valence-electron chi connectivity index (χ3n) is 5.19. The minimum absolute atomic E-state index is 0.181. The van der Waals surface area contributed by atoms with Crippen LogP contribution < -0.4 is 5.32 Å². The zero-order chi connectivity index (χ0) is 21.1. The Morgan fingerprint density at radius 3 is 2.63 bits per heavy atom. The molecule has 1 saturated heterocycles. The largest absolute Gasteiger partial charge is 0.325 e. The maximum absolute atomic E-state index is 13.3. The number of likely N-dealkylation sites (tertiary alicyclic amines) is 1. The lowest BCUT2D eigenvalue weighted by Crippen LogP contribution is -2.39. The maximum atomic E-state index is 13.3. The Bertz CT molecular complexity index is 1000. The van der Waals surface area contributed by atoms with Crippen molar-refractivity contribution >= 4 is 50.0 Å². The van der Waals surface area contributed by atoms with Crippen LogP contribution >= 0.6 is 27.7 Å². The predicted octanol–water partition coefficient (Wildman–Crippen LogP) is 4.58. The molecule has 5 nitrogen and oxygen atoms in total. The highest BCUT2D eigenvalue weighted by Crippen LogP contribution is 2.35. The smallest absolute Gasteiger partial charge is 0.234 e. The van der Waals surface area contributed by atoms with Gasteiger partial charge in [0.05, 0.1) is 11.5 Å². The number of benzene rings is 2. The topological polar surface area (TPSA) is 57.1 Å². The summed E-state index contributed by atoms with van der Waals surface area (Å²) in [6.45, 7) is 1.89. The van der Waals surface area contributed by atoms with Crippen molar-refractivity contribution in [2.24, 2.45) is 9.98 Å². The Kier molecular flexibility index (Phi) is 6.36. The second-order valence-electron chi connectivity index (χ2n) is 7.52. The molecule has 1 amide bonds. The van der Waals surface area contributed by atoms with E-state index in [-0.39, 0.29) is 17.5 Å². The van der Waals surface area contributed by atoms with Crippen LogP contribution in [0.2, 0.25) is 0 Å². The van der Waals surface area contributed by atoms with Gasteiger partial charge in [-0.05, 0) is 37.4 Å². The molecule has 2 heterocycles. The molecule has 0 saturated carbocycles. The van der Waals surface area contributed by atoms with Gasteiger partial charge in [-0.1, -0.05) is 45.9 Å². The van der Waals surface area contributed by atoms with Crippen molar-refractivity contribution in [2.45, 2.75) is 18.5 Å². The zero-order valence-corrected chi connectivity index (χ0v) is 19.0. The molecule has 1 spiro atoms. The summed E-state index contributed by atoms with van der Waals surface area (Å²) >= 11 is 4.85. The van der Waals surface area contributed by atoms with E-state index in [4.69, 9.17) is 9.98 Å². The fraction of sp³-hybridized carbons (Fsp3) is 0.318. The van der Waals surface area contributed by atoms with Gasteiger partial charge < -0.3 is 10.2 Å². The van der Waals surface area contributed by atoms with Gasteiger partial charge in [0, 0.05) is 41.7 Å². The third-order valence-corrected chi connectivity index (χ3v) is 6.68. The molecule has 1 N–H and O–H groups in total. The standard InChI is InChI=1S/C22H22BrFN4OS/c1-28-11-9-22(10-12-28)26-20(15-5-7-16(23)8-6-15)21(27-22)30-14-19(29)25-18-4-2-3-17(24)13-18/h2-8,13H,9-12,14H2,1H3,(H,25,29). The first-order valence-corrected chi connectivity index (χ1v) is 11.5. The van der Waals surface area contributed by atoms with E-state index in [0.29, 0.717) is 5.69 Å². The quantitative estimate of drug-likeness (QED) is 0.684. The Balaban J connectivity index is 1.51. The molecule has 2 aliphatic heterocycles. The van der Waals surface area contributed by atoms with Crippen LogP contribution in [0.25, 0.3) is 0 Å². The van der Waals surface area contributed by atoms with Crippen LogP contribution in [0.15, 0.2) is 63.0 Å². The minimum Gasteiger partial charge on any atom is -0.325 e. The Morgan fingerprint density at radius 2 is 1.93 bits per heavy atom. The first-order chi connectivity index (χ1) is 14.4. The average molecular weight is 489 g/mol. The van der Waals surface area contributed by atoms with Crippen molar-refractivity contribution in [2.75, 3.05) is 31.2 Å². The van der Waals surface area contributed by atoms with Gasteiger partial charge in [0.25, 0.3) is 0 Å². The highest BCUT2D eigenvalue weighted by Gasteiger charge is 2.39. The van der Waals surface area contributed by atoms with Gasteiger partial charge in [-0.2, -0.15) is 0 Å². The van der Waals surface area contributed by atoms with E-state index in [2.05, 4.69) is 33.2 Å². The van der Waals surface area contributed by atoms with E-state index in [9.17, 15) is 9.18 Å². The first kappa shape index (κ1) is 21.2. The van der Waals surface area contributed by atoms with Gasteiger partial charge in [0.1, 0.15) is 10.9 Å². The van der Waals surface area contributed by atoms with E-state index >= 15 is 0 Å². The molecule has 1 fully saturated rings. The number of carbonyl (C=O) groups is 1. The van der Waals surface area contributed by atoms with E-state index in [1.54, 1.807) is 12.1 Å². The van der Waals surface area contributed by atoms with E-state index in [0.717, 1.165) is 46.7 Å². The molecule has 8 heteroatoms. The van der Waals surface area contributed by atoms with Crippen molar-refractivity contribution in [3.05, 3.63) is 64.4 Å². The van der Waals surface area contributed by atoms with Crippen LogP contribution in [0.5, 0.6) is 0 Å². The number of nitrogens with zero attached hydrogens (tertiary/aromatic N) is 3. The van der Waals surface area contributed by atoms with Crippen molar-refractivity contribution < 1.29 is 9.18 Å². The Labute approximate surface area is 188 Å². The minimum atomic E-state index is -0.434. The summed E-state index contributed by atoms with van der Waals surface area (Å²) < 4.78 is 14.3. The predicted molar refractivity (Wildman–Crippen MR) is 125 cm³/mol. The van der Waals surface area contributed by atoms with Crippen molar-refractivity contribution in [1.29, 1.82) is 0 Å². The molecule has 0 atom stereocenters. The van der Waals surface area contributed by atoms with Gasteiger partial charge in [-0.3, -0.25) is 9.79 Å². The summed E-state index contributed by atoms with van der Waals surface area (Å²) in [5.74, 6) is -0.400. The number of thioether (sulfide) groups is 1. The van der Waals surface area contributed by atoms with E-state index in [1.165, 1.54) is 23.9 Å². The highest BCUT2D eigenvalue weighted by molar-refractivity contribution is 9.10. The molecule has 0 aliphatic carbocycles. The maximum Gasteiger partial charge on any atom is 0.234 e. The molecule has 0 radical (unpaired) electrons. The Hall–Kier alpha value is -2.03. The van der Waals surface area contributed by atoms with Crippen LogP contribution in [0.4, 0.5) is 10.1 Å². The molecule has 2 aromatic rings. The van der Waals surface area contributed by atoms with Crippen LogP contribution in [0.3, 0.4) is 0 Å². The number of aliphatic imine (C=N–C) groups is 2. The van der Waals surface area contributed by atoms with Gasteiger partial charge in [0.2, 0.25) is 5.91 Å². The number of carbonyl (C=O) groups excluding carboxylic acids is 1. The molecule has 2 aromatic carbocycles. The molecule has 2 aliphatic rings. The number of hydrogen-bond donors (Lipinski definition) is 1. The van der Waals surface area contributed by atoms with Crippen molar-refractivity contribution in [3.8, 4) is 0 Å². The number of halogens is 2. The molecular weight excluding hydrogens is 467 g/mol. The van der Waals surface area contributed by atoms with Crippen molar-refractivity contribution in [3.63, 3.8) is 0 Å². The summed E-state index contributed by atoms with van der Waals surface area (Å²) in [4.78, 5) is 24.7. The number of amides is 1. The van der Waals surface area contributed by atoms with E-state index < -0.39 is 5.66 Å². The van der Waals surface area contributed by atoms with Gasteiger partial charge in [0.15, 0.2) is 5.66 Å². The SMILES string of the molecule is CN1CCC2(CC1)N=C(SCC(=O)Nc1cccc(F)c1)C(c1ccc(Br)cc1)=N2.